The van der Waals surface area contributed by atoms with Gasteiger partial charge >= 0.3 is 0 Å². The summed E-state index contributed by atoms with van der Waals surface area (Å²) in [5.41, 5.74) is 0.790. The zero-order valence-electron chi connectivity index (χ0n) is 16.8. The first-order chi connectivity index (χ1) is 14.5. The van der Waals surface area contributed by atoms with Crippen LogP contribution < -0.4 is 10.1 Å². The predicted molar refractivity (Wildman–Crippen MR) is 109 cm³/mol. The monoisotopic (exact) mass is 413 g/mol. The molecule has 1 fully saturated rings. The molecule has 0 spiro atoms. The minimum absolute atomic E-state index is 0.134. The number of halogens is 1. The van der Waals surface area contributed by atoms with Gasteiger partial charge in [-0.25, -0.2) is 4.39 Å². The Morgan fingerprint density at radius 1 is 0.967 bits per heavy atom. The zero-order chi connectivity index (χ0) is 21.5. The second kappa shape index (κ2) is 9.87. The van der Waals surface area contributed by atoms with Crippen molar-refractivity contribution in [3.8, 4) is 5.75 Å². The van der Waals surface area contributed by atoms with Crippen LogP contribution in [0.25, 0.3) is 0 Å². The molecule has 0 radical (unpaired) electrons. The van der Waals surface area contributed by atoms with E-state index in [0.29, 0.717) is 49.7 Å². The maximum Gasteiger partial charge on any atom is 0.255 e. The highest BCUT2D eigenvalue weighted by Gasteiger charge is 2.25. The van der Waals surface area contributed by atoms with Crippen LogP contribution in [0.15, 0.2) is 48.5 Å². The average molecular weight is 413 g/mol. The third-order valence-electron chi connectivity index (χ3n) is 4.84. The molecule has 30 heavy (non-hydrogen) atoms. The molecule has 0 atom stereocenters. The summed E-state index contributed by atoms with van der Waals surface area (Å²) in [6, 6.07) is 12.3. The first kappa shape index (κ1) is 21.3. The van der Waals surface area contributed by atoms with Gasteiger partial charge in [-0.2, -0.15) is 0 Å². The van der Waals surface area contributed by atoms with Crippen molar-refractivity contribution in [1.82, 2.24) is 15.1 Å². The third-order valence-corrected chi connectivity index (χ3v) is 4.84. The number of nitrogens with one attached hydrogen (secondary N) is 1. The summed E-state index contributed by atoms with van der Waals surface area (Å²) in [5, 5.41) is 2.63. The van der Waals surface area contributed by atoms with E-state index in [1.54, 1.807) is 34.1 Å². The fourth-order valence-electron chi connectivity index (χ4n) is 3.23. The molecule has 0 aromatic heterocycles. The molecule has 0 aliphatic carbocycles. The standard InChI is InChI=1S/C22H24FN3O4/c1-2-30-19-6-4-3-5-18(19)21(28)24-15-20(27)25-11-13-26(14-12-25)22(29)16-7-9-17(23)10-8-16/h3-10H,2,11-15H2,1H3,(H,24,28). The number of carbonyl (C=O) groups excluding carboxylic acids is 3. The van der Waals surface area contributed by atoms with Gasteiger partial charge in [-0.15, -0.1) is 0 Å². The summed E-state index contributed by atoms with van der Waals surface area (Å²) >= 11 is 0. The molecule has 7 nitrogen and oxygen atoms in total. The first-order valence-corrected chi connectivity index (χ1v) is 9.82. The van der Waals surface area contributed by atoms with E-state index in [-0.39, 0.29) is 24.3 Å². The van der Waals surface area contributed by atoms with Crippen molar-refractivity contribution in [1.29, 1.82) is 0 Å². The number of ether oxygens (including phenoxy) is 1. The lowest BCUT2D eigenvalue weighted by Gasteiger charge is -2.34. The summed E-state index contributed by atoms with van der Waals surface area (Å²) in [4.78, 5) is 40.6. The molecule has 0 saturated carbocycles. The lowest BCUT2D eigenvalue weighted by Crippen LogP contribution is -2.52. The summed E-state index contributed by atoms with van der Waals surface area (Å²) in [7, 11) is 0. The number of nitrogens with zero attached hydrogens (tertiary/aromatic N) is 2. The Bertz CT molecular complexity index is 909. The minimum atomic E-state index is -0.395. The molecular formula is C22H24FN3O4. The Morgan fingerprint density at radius 3 is 2.27 bits per heavy atom. The molecule has 0 unspecified atom stereocenters. The van der Waals surface area contributed by atoms with Gasteiger partial charge in [0.1, 0.15) is 11.6 Å². The van der Waals surface area contributed by atoms with Crippen LogP contribution in [-0.4, -0.2) is 66.9 Å². The van der Waals surface area contributed by atoms with E-state index < -0.39 is 5.82 Å². The second-order valence-electron chi connectivity index (χ2n) is 6.79. The number of hydrogen-bond donors (Lipinski definition) is 1. The van der Waals surface area contributed by atoms with Crippen LogP contribution in [0, 0.1) is 5.82 Å². The lowest BCUT2D eigenvalue weighted by atomic mass is 10.1. The molecular weight excluding hydrogens is 389 g/mol. The van der Waals surface area contributed by atoms with Gasteiger partial charge in [0, 0.05) is 31.7 Å². The molecule has 3 amide bonds. The summed E-state index contributed by atoms with van der Waals surface area (Å²) in [6.45, 7) is 3.63. The van der Waals surface area contributed by atoms with E-state index >= 15 is 0 Å². The van der Waals surface area contributed by atoms with Crippen molar-refractivity contribution in [2.75, 3.05) is 39.3 Å². The van der Waals surface area contributed by atoms with Gasteiger partial charge in [-0.05, 0) is 43.3 Å². The summed E-state index contributed by atoms with van der Waals surface area (Å²) in [6.07, 6.45) is 0. The van der Waals surface area contributed by atoms with Crippen LogP contribution in [0.4, 0.5) is 4.39 Å². The van der Waals surface area contributed by atoms with Gasteiger partial charge in [-0.1, -0.05) is 12.1 Å². The van der Waals surface area contributed by atoms with Crippen LogP contribution in [0.2, 0.25) is 0 Å². The Morgan fingerprint density at radius 2 is 1.60 bits per heavy atom. The molecule has 1 aliphatic rings. The number of benzene rings is 2. The van der Waals surface area contributed by atoms with Gasteiger partial charge in [0.2, 0.25) is 5.91 Å². The molecule has 1 aliphatic heterocycles. The van der Waals surface area contributed by atoms with Crippen molar-refractivity contribution >= 4 is 17.7 Å². The SMILES string of the molecule is CCOc1ccccc1C(=O)NCC(=O)N1CCN(C(=O)c2ccc(F)cc2)CC1. The highest BCUT2D eigenvalue weighted by Crippen LogP contribution is 2.17. The predicted octanol–water partition coefficient (Wildman–Crippen LogP) is 1.94. The van der Waals surface area contributed by atoms with E-state index in [1.165, 1.54) is 24.3 Å². The van der Waals surface area contributed by atoms with Crippen LogP contribution in [0.3, 0.4) is 0 Å². The van der Waals surface area contributed by atoms with E-state index in [1.807, 2.05) is 6.92 Å². The largest absolute Gasteiger partial charge is 0.493 e. The smallest absolute Gasteiger partial charge is 0.255 e. The van der Waals surface area contributed by atoms with Crippen molar-refractivity contribution in [3.05, 3.63) is 65.5 Å². The highest BCUT2D eigenvalue weighted by atomic mass is 19.1. The van der Waals surface area contributed by atoms with Crippen LogP contribution in [0.5, 0.6) is 5.75 Å². The molecule has 158 valence electrons. The van der Waals surface area contributed by atoms with Gasteiger partial charge in [0.25, 0.3) is 11.8 Å². The Kier molecular flexibility index (Phi) is 7.00. The van der Waals surface area contributed by atoms with Crippen molar-refractivity contribution in [2.45, 2.75) is 6.92 Å². The Labute approximate surface area is 174 Å². The quantitative estimate of drug-likeness (QED) is 0.785. The fourth-order valence-corrected chi connectivity index (χ4v) is 3.23. The van der Waals surface area contributed by atoms with Crippen molar-refractivity contribution in [2.24, 2.45) is 0 Å². The molecule has 2 aromatic rings. The number of amides is 3. The second-order valence-corrected chi connectivity index (χ2v) is 6.79. The first-order valence-electron chi connectivity index (χ1n) is 9.82. The molecule has 3 rings (SSSR count). The van der Waals surface area contributed by atoms with Gasteiger partial charge in [0.15, 0.2) is 0 Å². The van der Waals surface area contributed by atoms with E-state index in [2.05, 4.69) is 5.32 Å². The number of piperazine rings is 1. The minimum Gasteiger partial charge on any atom is -0.493 e. The van der Waals surface area contributed by atoms with Crippen molar-refractivity contribution in [3.63, 3.8) is 0 Å². The lowest BCUT2D eigenvalue weighted by molar-refractivity contribution is -0.131. The highest BCUT2D eigenvalue weighted by molar-refractivity contribution is 5.99. The van der Waals surface area contributed by atoms with Crippen LogP contribution >= 0.6 is 0 Å². The third kappa shape index (κ3) is 5.14. The van der Waals surface area contributed by atoms with E-state index in [0.717, 1.165) is 0 Å². The topological polar surface area (TPSA) is 79.0 Å². The van der Waals surface area contributed by atoms with Crippen molar-refractivity contribution < 1.29 is 23.5 Å². The molecule has 1 heterocycles. The van der Waals surface area contributed by atoms with Crippen LogP contribution in [0.1, 0.15) is 27.6 Å². The van der Waals surface area contributed by atoms with Crippen LogP contribution in [-0.2, 0) is 4.79 Å². The molecule has 8 heteroatoms. The molecule has 0 bridgehead atoms. The molecule has 2 aromatic carbocycles. The molecule has 1 saturated heterocycles. The zero-order valence-corrected chi connectivity index (χ0v) is 16.8. The normalized spacial score (nSPS) is 13.7. The summed E-state index contributed by atoms with van der Waals surface area (Å²) in [5.74, 6) is -0.711. The maximum absolute atomic E-state index is 13.0. The summed E-state index contributed by atoms with van der Waals surface area (Å²) < 4.78 is 18.5. The number of rotatable bonds is 6. The Balaban J connectivity index is 1.49. The average Bonchev–Trinajstić information content (AvgIpc) is 2.78. The molecule has 1 N–H and O–H groups in total. The van der Waals surface area contributed by atoms with Gasteiger partial charge < -0.3 is 19.9 Å². The number of para-hydroxylation sites is 1. The van der Waals surface area contributed by atoms with Gasteiger partial charge in [-0.3, -0.25) is 14.4 Å². The van der Waals surface area contributed by atoms with Gasteiger partial charge in [0.05, 0.1) is 18.7 Å². The maximum atomic E-state index is 13.0. The number of hydrogen-bond acceptors (Lipinski definition) is 4. The van der Waals surface area contributed by atoms with E-state index in [4.69, 9.17) is 4.74 Å². The number of carbonyl (C=O) groups is 3. The Hall–Kier alpha value is -3.42. The van der Waals surface area contributed by atoms with E-state index in [9.17, 15) is 18.8 Å². The fraction of sp³-hybridized carbons (Fsp3) is 0.318.